The third-order valence-corrected chi connectivity index (χ3v) is 20.1. The predicted octanol–water partition coefficient (Wildman–Crippen LogP) is 22.4. The van der Waals surface area contributed by atoms with E-state index in [1.165, 1.54) is 186 Å². The number of aliphatic hydroxyl groups excluding tert-OH is 1. The molecular formula is C77H150O17P2. The van der Waals surface area contributed by atoms with Crippen molar-refractivity contribution < 1.29 is 80.2 Å². The molecule has 0 aliphatic rings. The summed E-state index contributed by atoms with van der Waals surface area (Å²) in [6, 6.07) is 0. The first kappa shape index (κ1) is 94.1. The highest BCUT2D eigenvalue weighted by molar-refractivity contribution is 7.47. The standard InChI is InChI=1S/C77H150O17P2/c1-9-70(8)56-48-40-35-36-42-50-58-75(80)88-64-73(94-76(81)59-51-43-33-27-20-16-12-14-18-24-30-38-46-54-68(4)5)66-92-96(85,86)90-62-71(78)61-89-95(83,84)91-65-72(93-77(82)60-52-44-34-28-22-21-25-31-39-47-55-69(6)7)63-87-74(79)57-49-41-32-26-19-15-11-10-13-17-23-29-37-45-53-67(2)3/h67-73,78H,9-66H2,1-8H3,(H,83,84)(H,85,86)/t70?,71-,72-,73-/m1/s1. The Morgan fingerprint density at radius 2 is 0.500 bits per heavy atom. The van der Waals surface area contributed by atoms with E-state index in [1.54, 1.807) is 0 Å². The van der Waals surface area contributed by atoms with Gasteiger partial charge in [-0.1, -0.05) is 338 Å². The van der Waals surface area contributed by atoms with Crippen LogP contribution in [0.1, 0.15) is 389 Å². The van der Waals surface area contributed by atoms with Gasteiger partial charge in [-0.3, -0.25) is 37.3 Å². The number of rotatable bonds is 74. The van der Waals surface area contributed by atoms with Crippen LogP contribution in [-0.4, -0.2) is 96.7 Å². The summed E-state index contributed by atoms with van der Waals surface area (Å²) in [7, 11) is -9.92. The minimum absolute atomic E-state index is 0.106. The van der Waals surface area contributed by atoms with Crippen LogP contribution in [0, 0.1) is 23.7 Å². The van der Waals surface area contributed by atoms with Crippen LogP contribution in [-0.2, 0) is 65.4 Å². The summed E-state index contributed by atoms with van der Waals surface area (Å²) in [5.41, 5.74) is 0. The highest BCUT2D eigenvalue weighted by Crippen LogP contribution is 2.45. The zero-order chi connectivity index (χ0) is 71.0. The van der Waals surface area contributed by atoms with Gasteiger partial charge in [0.25, 0.3) is 0 Å². The maximum absolute atomic E-state index is 13.1. The molecule has 3 unspecified atom stereocenters. The van der Waals surface area contributed by atoms with Gasteiger partial charge < -0.3 is 33.8 Å². The monoisotopic (exact) mass is 1410 g/mol. The average Bonchev–Trinajstić information content (AvgIpc) is 1.30. The summed E-state index contributed by atoms with van der Waals surface area (Å²) >= 11 is 0. The van der Waals surface area contributed by atoms with E-state index in [4.69, 9.17) is 37.0 Å². The largest absolute Gasteiger partial charge is 0.472 e. The molecule has 0 amide bonds. The van der Waals surface area contributed by atoms with E-state index in [9.17, 15) is 43.2 Å². The molecule has 0 fully saturated rings. The lowest BCUT2D eigenvalue weighted by atomic mass is 10.00. The van der Waals surface area contributed by atoms with Gasteiger partial charge in [-0.05, 0) is 49.4 Å². The fraction of sp³-hybridized carbons (Fsp3) is 0.948. The van der Waals surface area contributed by atoms with E-state index in [2.05, 4.69) is 55.4 Å². The smallest absolute Gasteiger partial charge is 0.462 e. The van der Waals surface area contributed by atoms with Crippen molar-refractivity contribution in [2.24, 2.45) is 23.7 Å². The Balaban J connectivity index is 5.24. The second-order valence-electron chi connectivity index (χ2n) is 29.4. The first-order valence-corrected chi connectivity index (χ1v) is 42.7. The molecule has 17 nitrogen and oxygen atoms in total. The van der Waals surface area contributed by atoms with E-state index in [1.807, 2.05) is 0 Å². The van der Waals surface area contributed by atoms with Crippen molar-refractivity contribution in [3.05, 3.63) is 0 Å². The zero-order valence-corrected chi connectivity index (χ0v) is 64.8. The Morgan fingerprint density at radius 1 is 0.292 bits per heavy atom. The van der Waals surface area contributed by atoms with Crippen LogP contribution in [0.3, 0.4) is 0 Å². The number of aliphatic hydroxyl groups is 1. The fourth-order valence-electron chi connectivity index (χ4n) is 11.7. The van der Waals surface area contributed by atoms with Crippen LogP contribution >= 0.6 is 15.6 Å². The number of unbranched alkanes of at least 4 members (excludes halogenated alkanes) is 39. The second-order valence-corrected chi connectivity index (χ2v) is 32.3. The van der Waals surface area contributed by atoms with Gasteiger partial charge in [0, 0.05) is 25.7 Å². The van der Waals surface area contributed by atoms with Crippen LogP contribution in [0.4, 0.5) is 0 Å². The molecule has 6 atom stereocenters. The van der Waals surface area contributed by atoms with Crippen LogP contribution in [0.5, 0.6) is 0 Å². The van der Waals surface area contributed by atoms with Crippen molar-refractivity contribution in [2.45, 2.75) is 408 Å². The molecule has 0 aliphatic carbocycles. The van der Waals surface area contributed by atoms with Gasteiger partial charge >= 0.3 is 39.5 Å². The third kappa shape index (κ3) is 69.2. The Labute approximate surface area is 588 Å². The van der Waals surface area contributed by atoms with Crippen molar-refractivity contribution in [3.8, 4) is 0 Å². The molecule has 0 saturated carbocycles. The molecule has 19 heteroatoms. The van der Waals surface area contributed by atoms with E-state index >= 15 is 0 Å². The van der Waals surface area contributed by atoms with Crippen molar-refractivity contribution in [1.29, 1.82) is 0 Å². The SMILES string of the molecule is CCC(C)CCCCCCCCC(=O)OC[C@H](COP(=O)(O)OC[C@H](O)COP(=O)(O)OC[C@@H](COC(=O)CCCCCCCCCCCCCCCCC(C)C)OC(=O)CCCCCCCCCCCCC(C)C)OC(=O)CCCCCCCCCCCCCCCC(C)C. The number of carbonyl (C=O) groups excluding carboxylic acids is 4. The van der Waals surface area contributed by atoms with Crippen LogP contribution in [0.2, 0.25) is 0 Å². The molecule has 0 aromatic heterocycles. The average molecular weight is 1410 g/mol. The van der Waals surface area contributed by atoms with Gasteiger partial charge in [-0.15, -0.1) is 0 Å². The van der Waals surface area contributed by atoms with Crippen LogP contribution in [0.15, 0.2) is 0 Å². The summed E-state index contributed by atoms with van der Waals surface area (Å²) in [6.45, 7) is 14.2. The molecule has 96 heavy (non-hydrogen) atoms. The Bertz CT molecular complexity index is 1890. The van der Waals surface area contributed by atoms with Crippen LogP contribution in [0.25, 0.3) is 0 Å². The molecule has 0 aromatic carbocycles. The van der Waals surface area contributed by atoms with Crippen molar-refractivity contribution >= 4 is 39.5 Å². The Morgan fingerprint density at radius 3 is 0.740 bits per heavy atom. The van der Waals surface area contributed by atoms with Crippen molar-refractivity contribution in [2.75, 3.05) is 39.6 Å². The summed E-state index contributed by atoms with van der Waals surface area (Å²) in [6.07, 6.45) is 51.3. The van der Waals surface area contributed by atoms with Gasteiger partial charge in [0.15, 0.2) is 12.2 Å². The number of carbonyl (C=O) groups is 4. The zero-order valence-electron chi connectivity index (χ0n) is 63.0. The molecule has 0 aliphatic heterocycles. The first-order chi connectivity index (χ1) is 46.1. The lowest BCUT2D eigenvalue weighted by Crippen LogP contribution is -2.30. The van der Waals surface area contributed by atoms with E-state index in [0.29, 0.717) is 25.7 Å². The van der Waals surface area contributed by atoms with Gasteiger partial charge in [0.2, 0.25) is 0 Å². The highest BCUT2D eigenvalue weighted by Gasteiger charge is 2.30. The molecule has 0 heterocycles. The minimum Gasteiger partial charge on any atom is -0.462 e. The maximum atomic E-state index is 13.1. The number of ether oxygens (including phenoxy) is 4. The van der Waals surface area contributed by atoms with E-state index in [0.717, 1.165) is 120 Å². The normalized spacial score (nSPS) is 14.4. The number of esters is 4. The lowest BCUT2D eigenvalue weighted by molar-refractivity contribution is -0.161. The number of phosphoric acid groups is 2. The Kier molecular flexibility index (Phi) is 65.0. The summed E-state index contributed by atoms with van der Waals surface area (Å²) < 4.78 is 68.6. The highest BCUT2D eigenvalue weighted by atomic mass is 31.2. The fourth-order valence-corrected chi connectivity index (χ4v) is 13.3. The van der Waals surface area contributed by atoms with E-state index < -0.39 is 97.5 Å². The summed E-state index contributed by atoms with van der Waals surface area (Å²) in [4.78, 5) is 72.9. The third-order valence-electron chi connectivity index (χ3n) is 18.2. The molecule has 0 bridgehead atoms. The van der Waals surface area contributed by atoms with Crippen molar-refractivity contribution in [3.63, 3.8) is 0 Å². The molecule has 0 rings (SSSR count). The predicted molar refractivity (Wildman–Crippen MR) is 391 cm³/mol. The summed E-state index contributed by atoms with van der Waals surface area (Å²) in [5.74, 6) is 0.949. The van der Waals surface area contributed by atoms with Crippen molar-refractivity contribution in [1.82, 2.24) is 0 Å². The second kappa shape index (κ2) is 66.3. The minimum atomic E-state index is -4.96. The van der Waals surface area contributed by atoms with E-state index in [-0.39, 0.29) is 25.7 Å². The van der Waals surface area contributed by atoms with Gasteiger partial charge in [0.05, 0.1) is 26.4 Å². The molecule has 0 aromatic rings. The lowest BCUT2D eigenvalue weighted by Gasteiger charge is -2.21. The van der Waals surface area contributed by atoms with Gasteiger partial charge in [-0.25, -0.2) is 9.13 Å². The Hall–Kier alpha value is -1.94. The van der Waals surface area contributed by atoms with Crippen LogP contribution < -0.4 is 0 Å². The maximum Gasteiger partial charge on any atom is 0.472 e. The topological polar surface area (TPSA) is 237 Å². The first-order valence-electron chi connectivity index (χ1n) is 39.7. The number of hydrogen-bond donors (Lipinski definition) is 3. The summed E-state index contributed by atoms with van der Waals surface area (Å²) in [5, 5.41) is 10.6. The molecule has 570 valence electrons. The van der Waals surface area contributed by atoms with Gasteiger partial charge in [-0.2, -0.15) is 0 Å². The molecular weight excluding hydrogens is 1260 g/mol. The number of phosphoric ester groups is 2. The number of hydrogen-bond acceptors (Lipinski definition) is 15. The molecule has 3 N–H and O–H groups in total. The molecule has 0 radical (unpaired) electrons. The molecule has 0 saturated heterocycles. The quantitative estimate of drug-likeness (QED) is 0.0222. The van der Waals surface area contributed by atoms with Gasteiger partial charge in [0.1, 0.15) is 19.3 Å². The molecule has 0 spiro atoms.